The molecule has 0 saturated carbocycles. The summed E-state index contributed by atoms with van der Waals surface area (Å²) in [6.07, 6.45) is 3.19. The first-order valence-electron chi connectivity index (χ1n) is 9.35. The molecule has 6 nitrogen and oxygen atoms in total. The van der Waals surface area contributed by atoms with Gasteiger partial charge >= 0.3 is 5.97 Å². The van der Waals surface area contributed by atoms with Crippen LogP contribution in [0.3, 0.4) is 0 Å². The van der Waals surface area contributed by atoms with Crippen molar-refractivity contribution in [2.24, 2.45) is 0 Å². The van der Waals surface area contributed by atoms with Gasteiger partial charge in [-0.05, 0) is 50.1 Å². The van der Waals surface area contributed by atoms with Crippen molar-refractivity contribution in [3.05, 3.63) is 77.4 Å². The molecule has 0 aliphatic heterocycles. The van der Waals surface area contributed by atoms with Gasteiger partial charge in [-0.25, -0.2) is 14.8 Å². The monoisotopic (exact) mass is 389 g/mol. The highest BCUT2D eigenvalue weighted by Gasteiger charge is 2.19. The van der Waals surface area contributed by atoms with Gasteiger partial charge in [-0.3, -0.25) is 4.79 Å². The van der Waals surface area contributed by atoms with Gasteiger partial charge < -0.3 is 9.64 Å². The molecule has 148 valence electrons. The number of esters is 1. The number of benzene rings is 2. The normalized spacial score (nSPS) is 10.5. The predicted molar refractivity (Wildman–Crippen MR) is 112 cm³/mol. The number of anilines is 1. The zero-order chi connectivity index (χ0) is 21.0. The fourth-order valence-corrected chi connectivity index (χ4v) is 2.87. The number of amides is 1. The van der Waals surface area contributed by atoms with Crippen molar-refractivity contribution in [1.29, 1.82) is 0 Å². The number of nitrogens with zero attached hydrogens (tertiary/aromatic N) is 3. The Morgan fingerprint density at radius 3 is 2.17 bits per heavy atom. The van der Waals surface area contributed by atoms with Crippen LogP contribution >= 0.6 is 0 Å². The molecule has 0 aliphatic carbocycles. The van der Waals surface area contributed by atoms with Gasteiger partial charge in [0.25, 0.3) is 5.91 Å². The zero-order valence-corrected chi connectivity index (χ0v) is 17.0. The molecule has 1 heterocycles. The summed E-state index contributed by atoms with van der Waals surface area (Å²) in [5.41, 5.74) is 4.10. The summed E-state index contributed by atoms with van der Waals surface area (Å²) in [6, 6.07) is 13.0. The van der Waals surface area contributed by atoms with Gasteiger partial charge in [0.1, 0.15) is 5.82 Å². The number of aryl methyl sites for hydroxylation is 2. The first-order chi connectivity index (χ1) is 13.9. The lowest BCUT2D eigenvalue weighted by Gasteiger charge is -2.18. The molecular weight excluding hydrogens is 366 g/mol. The van der Waals surface area contributed by atoms with Gasteiger partial charge in [0.05, 0.1) is 30.3 Å². The van der Waals surface area contributed by atoms with E-state index in [1.165, 1.54) is 4.90 Å². The first-order valence-corrected chi connectivity index (χ1v) is 9.35. The summed E-state index contributed by atoms with van der Waals surface area (Å²) in [6.45, 7) is 5.80. The van der Waals surface area contributed by atoms with Crippen molar-refractivity contribution < 1.29 is 14.3 Å². The molecule has 1 amide bonds. The Bertz CT molecular complexity index is 1030. The molecule has 0 radical (unpaired) electrons. The summed E-state index contributed by atoms with van der Waals surface area (Å²) in [7, 11) is 1.65. The largest absolute Gasteiger partial charge is 0.462 e. The summed E-state index contributed by atoms with van der Waals surface area (Å²) < 4.78 is 5.15. The smallest absolute Gasteiger partial charge is 0.338 e. The third-order valence-electron chi connectivity index (χ3n) is 4.54. The molecule has 0 spiro atoms. The van der Waals surface area contributed by atoms with Crippen molar-refractivity contribution >= 4 is 17.6 Å². The van der Waals surface area contributed by atoms with Gasteiger partial charge in [0.2, 0.25) is 0 Å². The highest BCUT2D eigenvalue weighted by Crippen LogP contribution is 2.25. The number of carbonyl (C=O) groups excluding carboxylic acids is 2. The first kappa shape index (κ1) is 20.2. The molecule has 0 bridgehead atoms. The van der Waals surface area contributed by atoms with E-state index in [-0.39, 0.29) is 12.5 Å². The molecule has 0 saturated heterocycles. The van der Waals surface area contributed by atoms with Crippen LogP contribution < -0.4 is 4.90 Å². The second-order valence-electron chi connectivity index (χ2n) is 6.74. The van der Waals surface area contributed by atoms with Gasteiger partial charge in [-0.15, -0.1) is 0 Å². The van der Waals surface area contributed by atoms with Crippen LogP contribution in [-0.2, 0) is 4.74 Å². The van der Waals surface area contributed by atoms with Crippen molar-refractivity contribution in [3.63, 3.8) is 0 Å². The lowest BCUT2D eigenvalue weighted by Crippen LogP contribution is -2.27. The van der Waals surface area contributed by atoms with Crippen molar-refractivity contribution in [3.8, 4) is 11.1 Å². The molecule has 6 heteroatoms. The van der Waals surface area contributed by atoms with Crippen LogP contribution in [0.2, 0.25) is 0 Å². The molecule has 0 aliphatic rings. The Morgan fingerprint density at radius 1 is 0.931 bits per heavy atom. The van der Waals surface area contributed by atoms with E-state index in [1.807, 2.05) is 31.2 Å². The minimum Gasteiger partial charge on any atom is -0.462 e. The lowest BCUT2D eigenvalue weighted by atomic mass is 9.98. The van der Waals surface area contributed by atoms with Crippen LogP contribution in [0.15, 0.2) is 54.9 Å². The minimum atomic E-state index is -0.461. The fourth-order valence-electron chi connectivity index (χ4n) is 2.87. The van der Waals surface area contributed by atoms with E-state index in [2.05, 4.69) is 9.97 Å². The van der Waals surface area contributed by atoms with Crippen molar-refractivity contribution in [1.82, 2.24) is 9.97 Å². The predicted octanol–water partition coefficient (Wildman–Crippen LogP) is 4.21. The van der Waals surface area contributed by atoms with E-state index in [9.17, 15) is 9.59 Å². The van der Waals surface area contributed by atoms with Crippen LogP contribution in [0, 0.1) is 13.8 Å². The van der Waals surface area contributed by atoms with E-state index in [1.54, 1.807) is 51.5 Å². The molecule has 0 N–H and O–H groups in total. The van der Waals surface area contributed by atoms with Crippen LogP contribution in [-0.4, -0.2) is 35.5 Å². The Kier molecular flexibility index (Phi) is 6.02. The molecule has 1 aromatic heterocycles. The summed E-state index contributed by atoms with van der Waals surface area (Å²) in [5.74, 6) is -0.102. The van der Waals surface area contributed by atoms with Crippen molar-refractivity contribution in [2.45, 2.75) is 20.8 Å². The molecule has 0 unspecified atom stereocenters. The van der Waals surface area contributed by atoms with Gasteiger partial charge in [0, 0.05) is 12.6 Å². The number of hydrogen-bond acceptors (Lipinski definition) is 5. The highest BCUT2D eigenvalue weighted by molar-refractivity contribution is 6.07. The zero-order valence-electron chi connectivity index (χ0n) is 17.0. The number of rotatable bonds is 5. The Morgan fingerprint density at radius 2 is 1.55 bits per heavy atom. The average Bonchev–Trinajstić information content (AvgIpc) is 2.73. The van der Waals surface area contributed by atoms with Gasteiger partial charge in [-0.2, -0.15) is 0 Å². The van der Waals surface area contributed by atoms with E-state index < -0.39 is 5.97 Å². The van der Waals surface area contributed by atoms with E-state index in [0.717, 1.165) is 16.7 Å². The molecule has 2 aromatic carbocycles. The van der Waals surface area contributed by atoms with Gasteiger partial charge in [-0.1, -0.05) is 29.8 Å². The molecule has 0 atom stereocenters. The standard InChI is InChI=1S/C23H23N3O3/c1-5-29-23(28)20-11-18(17-8-6-15(2)7-9-17)10-19(12-20)22(27)26(4)21-13-24-16(3)25-14-21/h6-14H,5H2,1-4H3. The number of ether oxygens (including phenoxy) is 1. The average molecular weight is 389 g/mol. The number of hydrogen-bond donors (Lipinski definition) is 0. The summed E-state index contributed by atoms with van der Waals surface area (Å²) >= 11 is 0. The third-order valence-corrected chi connectivity index (χ3v) is 4.54. The second kappa shape index (κ2) is 8.65. The van der Waals surface area contributed by atoms with E-state index in [4.69, 9.17) is 4.74 Å². The maximum absolute atomic E-state index is 13.1. The van der Waals surface area contributed by atoms with Crippen LogP contribution in [0.25, 0.3) is 11.1 Å². The number of carbonyl (C=O) groups is 2. The van der Waals surface area contributed by atoms with Gasteiger partial charge in [0.15, 0.2) is 0 Å². The fraction of sp³-hybridized carbons (Fsp3) is 0.217. The Labute approximate surface area is 170 Å². The topological polar surface area (TPSA) is 72.4 Å². The van der Waals surface area contributed by atoms with Crippen LogP contribution in [0.4, 0.5) is 5.69 Å². The minimum absolute atomic E-state index is 0.261. The summed E-state index contributed by atoms with van der Waals surface area (Å²) in [5, 5.41) is 0. The number of aromatic nitrogens is 2. The summed E-state index contributed by atoms with van der Waals surface area (Å²) in [4.78, 5) is 35.2. The van der Waals surface area contributed by atoms with E-state index >= 15 is 0 Å². The quantitative estimate of drug-likeness (QED) is 0.611. The third kappa shape index (κ3) is 4.66. The molecule has 3 aromatic rings. The Hall–Kier alpha value is -3.54. The van der Waals surface area contributed by atoms with Crippen LogP contribution in [0.1, 0.15) is 39.0 Å². The second-order valence-corrected chi connectivity index (χ2v) is 6.74. The highest BCUT2D eigenvalue weighted by atomic mass is 16.5. The molecule has 29 heavy (non-hydrogen) atoms. The maximum atomic E-state index is 13.1. The van der Waals surface area contributed by atoms with Crippen LogP contribution in [0.5, 0.6) is 0 Å². The molecule has 0 fully saturated rings. The molecule has 3 rings (SSSR count). The molecular formula is C23H23N3O3. The van der Waals surface area contributed by atoms with Crippen molar-refractivity contribution in [2.75, 3.05) is 18.6 Å². The van der Waals surface area contributed by atoms with E-state index in [0.29, 0.717) is 22.6 Å². The Balaban J connectivity index is 2.04. The lowest BCUT2D eigenvalue weighted by molar-refractivity contribution is 0.0526. The maximum Gasteiger partial charge on any atom is 0.338 e. The SMILES string of the molecule is CCOC(=O)c1cc(C(=O)N(C)c2cnc(C)nc2)cc(-c2ccc(C)cc2)c1.